The Labute approximate surface area is 576 Å². The highest BCUT2D eigenvalue weighted by atomic mass is 14.5. The van der Waals surface area contributed by atoms with Gasteiger partial charge in [-0.2, -0.15) is 0 Å². The van der Waals surface area contributed by atoms with E-state index >= 15 is 0 Å². The SMILES string of the molecule is C.C.C.C/C(CC(C)(C)C)=C(\C)CC(C)(C)C.CC(C)(C)C(C)(C)/C=C\C(C)(C)C(C)(C)C.CC(C)(C)C(C)(C)C(C)(C)C.CC(C)(C)C/C=C\CC(C)(C)C.CC(C)(C)CC(C)(C)C.CC(C)(C)CCC(C)(C)C.CC(C)(C)CCC(C)(C)CC(C)(C)C. The molecule has 0 saturated carbocycles. The van der Waals surface area contributed by atoms with E-state index in [0.29, 0.717) is 86.6 Å². The van der Waals surface area contributed by atoms with Gasteiger partial charge < -0.3 is 0 Å². The maximum Gasteiger partial charge on any atom is -0.0126 e. The Morgan fingerprint density at radius 1 is 0.225 bits per heavy atom. The fourth-order valence-electron chi connectivity index (χ4n) is 9.39. The first kappa shape index (κ1) is 110. The summed E-state index contributed by atoms with van der Waals surface area (Å²) in [5.41, 5.74) is 10.5. The van der Waals surface area contributed by atoms with Crippen LogP contribution < -0.4 is 0 Å². The summed E-state index contributed by atoms with van der Waals surface area (Å²) in [5.74, 6) is 0. The highest BCUT2D eigenvalue weighted by Gasteiger charge is 2.42. The molecule has 0 aliphatic rings. The summed E-state index contributed by atoms with van der Waals surface area (Å²) in [4.78, 5) is 0. The molecule has 0 unspecified atom stereocenters. The van der Waals surface area contributed by atoms with Crippen LogP contribution in [-0.4, -0.2) is 0 Å². The van der Waals surface area contributed by atoms with Crippen molar-refractivity contribution in [2.24, 2.45) is 97.5 Å². The molecule has 0 aromatic rings. The Morgan fingerprint density at radius 3 is 0.551 bits per heavy atom. The van der Waals surface area contributed by atoms with Crippen LogP contribution in [0.4, 0.5) is 0 Å². The van der Waals surface area contributed by atoms with Crippen molar-refractivity contribution in [2.75, 3.05) is 0 Å². The van der Waals surface area contributed by atoms with Gasteiger partial charge in [-0.15, -0.1) is 0 Å². The quantitative estimate of drug-likeness (QED) is 0.191. The van der Waals surface area contributed by atoms with Crippen molar-refractivity contribution < 1.29 is 0 Å². The van der Waals surface area contributed by atoms with Crippen molar-refractivity contribution in [1.29, 1.82) is 0 Å². The lowest BCUT2D eigenvalue weighted by molar-refractivity contribution is 0.00575. The van der Waals surface area contributed by atoms with Crippen molar-refractivity contribution >= 4 is 0 Å². The van der Waals surface area contributed by atoms with Crippen molar-refractivity contribution in [3.8, 4) is 0 Å². The Bertz CT molecular complexity index is 1700. The first-order chi connectivity index (χ1) is 36.3. The zero-order valence-corrected chi connectivity index (χ0v) is 71.4. The van der Waals surface area contributed by atoms with Crippen molar-refractivity contribution in [3.05, 3.63) is 35.5 Å². The first-order valence-electron chi connectivity index (χ1n) is 35.3. The lowest BCUT2D eigenvalue weighted by Crippen LogP contribution is -2.41. The predicted molar refractivity (Wildman–Crippen MR) is 431 cm³/mol. The molecule has 0 aromatic heterocycles. The van der Waals surface area contributed by atoms with Crippen LogP contribution in [0.2, 0.25) is 0 Å². The van der Waals surface area contributed by atoms with Crippen molar-refractivity contribution in [3.63, 3.8) is 0 Å². The molecule has 0 heterocycles. The first-order valence-corrected chi connectivity index (χ1v) is 35.3. The van der Waals surface area contributed by atoms with Crippen LogP contribution in [0.5, 0.6) is 0 Å². The van der Waals surface area contributed by atoms with Crippen LogP contribution in [0, 0.1) is 97.5 Å². The van der Waals surface area contributed by atoms with E-state index in [9.17, 15) is 0 Å². The Balaban J connectivity index is -0.000000102. The molecule has 0 bridgehead atoms. The molecule has 0 heteroatoms. The number of hydrogen-bond donors (Lipinski definition) is 0. The largest absolute Gasteiger partial charge is 0.0880 e. The Hall–Kier alpha value is -0.780. The standard InChI is InChI=1S/C16H32.C14H28.C14H30.C12H24.C11H24.C10H22.C9H20.3CH4/c1-13(2,3)15(7,8)11-12-16(9,10)14(4,5)6;1-11(9-13(3,4)5)12(2)10-14(6,7)8;1-12(2,3)9-10-14(7,8)11-13(4,5)6;1-11(2,3)9-7-8-10-12(4,5)6;1-9(2,3)11(7,8)10(4,5)6;1-9(2,3)7-8-10(4,5)6;1-8(2,3)7-9(4,5)6;;;/h11-12H,1-10H3;9-10H2,1-8H3;9-11H2,1-8H3;7-8H,9-10H2,1-6H3;1-8H3;7-8H2,1-6H3;7H2,1-6H3;3*1H4/b2*12-11-;;8-7-;;;;;;. The molecular weight excluding hydrogens is 1070 g/mol. The van der Waals surface area contributed by atoms with Gasteiger partial charge in [-0.25, -0.2) is 0 Å². The van der Waals surface area contributed by atoms with Gasteiger partial charge in [0.2, 0.25) is 0 Å². The summed E-state index contributed by atoms with van der Waals surface area (Å²) in [6.45, 7) is 120. The van der Waals surface area contributed by atoms with E-state index in [0.717, 1.165) is 0 Å². The third-order valence-electron chi connectivity index (χ3n) is 17.7. The maximum atomic E-state index is 2.41. The number of rotatable bonds is 10. The van der Waals surface area contributed by atoms with E-state index in [1.807, 2.05) is 0 Å². The van der Waals surface area contributed by atoms with E-state index in [1.54, 1.807) is 11.1 Å². The molecular formula is C89H192. The summed E-state index contributed by atoms with van der Waals surface area (Å²) < 4.78 is 0. The van der Waals surface area contributed by atoms with Crippen LogP contribution in [0.25, 0.3) is 0 Å². The molecule has 0 amide bonds. The molecule has 548 valence electrons. The lowest BCUT2D eigenvalue weighted by Gasteiger charge is -2.49. The minimum atomic E-state index is 0. The normalized spacial score (nSPS) is 14.3. The van der Waals surface area contributed by atoms with E-state index in [1.165, 1.54) is 64.2 Å². The monoisotopic (exact) mass is 1260 g/mol. The molecule has 0 aliphatic carbocycles. The van der Waals surface area contributed by atoms with Gasteiger partial charge in [-0.05, 0) is 176 Å². The molecule has 0 atom stereocenters. The highest BCUT2D eigenvalue weighted by molar-refractivity contribution is 5.12. The zero-order chi connectivity index (χ0) is 72.1. The van der Waals surface area contributed by atoms with Gasteiger partial charge in [0.15, 0.2) is 0 Å². The molecule has 0 radical (unpaired) electrons. The van der Waals surface area contributed by atoms with Crippen LogP contribution >= 0.6 is 0 Å². The van der Waals surface area contributed by atoms with Gasteiger partial charge in [-0.1, -0.05) is 404 Å². The Morgan fingerprint density at radius 2 is 0.427 bits per heavy atom. The molecule has 0 aromatic carbocycles. The summed E-state index contributed by atoms with van der Waals surface area (Å²) in [7, 11) is 0. The topological polar surface area (TPSA) is 0 Å². The van der Waals surface area contributed by atoms with Crippen LogP contribution in [0.15, 0.2) is 35.5 Å². The fourth-order valence-corrected chi connectivity index (χ4v) is 9.39. The van der Waals surface area contributed by atoms with E-state index in [-0.39, 0.29) is 33.1 Å². The van der Waals surface area contributed by atoms with E-state index in [2.05, 4.69) is 384 Å². The smallest absolute Gasteiger partial charge is 0.0126 e. The molecule has 0 rings (SSSR count). The van der Waals surface area contributed by atoms with Gasteiger partial charge >= 0.3 is 0 Å². The molecule has 0 nitrogen and oxygen atoms in total. The third-order valence-corrected chi connectivity index (χ3v) is 17.7. The maximum absolute atomic E-state index is 2.41. The molecule has 0 saturated heterocycles. The fraction of sp³-hybridized carbons (Fsp3) is 0.933. The number of hydrogen-bond acceptors (Lipinski definition) is 0. The lowest BCUT2D eigenvalue weighted by atomic mass is 9.56. The number of allylic oxidation sites excluding steroid dienone is 6. The van der Waals surface area contributed by atoms with Gasteiger partial charge in [0.25, 0.3) is 0 Å². The van der Waals surface area contributed by atoms with Crippen LogP contribution in [0.3, 0.4) is 0 Å². The second kappa shape index (κ2) is 40.1. The molecule has 0 N–H and O–H groups in total. The molecule has 0 fully saturated rings. The van der Waals surface area contributed by atoms with E-state index in [4.69, 9.17) is 0 Å². The summed E-state index contributed by atoms with van der Waals surface area (Å²) in [6, 6.07) is 0. The molecule has 89 heavy (non-hydrogen) atoms. The van der Waals surface area contributed by atoms with Gasteiger partial charge in [0.1, 0.15) is 0 Å². The van der Waals surface area contributed by atoms with Gasteiger partial charge in [-0.3, -0.25) is 0 Å². The second-order valence-electron chi connectivity index (χ2n) is 46.3. The Kier molecular flexibility index (Phi) is 49.4. The summed E-state index contributed by atoms with van der Waals surface area (Å²) >= 11 is 0. The average molecular weight is 1260 g/mol. The molecule has 0 aliphatic heterocycles. The summed E-state index contributed by atoms with van der Waals surface area (Å²) in [6.07, 6.45) is 22.2. The van der Waals surface area contributed by atoms with E-state index < -0.39 is 0 Å². The summed E-state index contributed by atoms with van der Waals surface area (Å²) in [5, 5.41) is 0. The van der Waals surface area contributed by atoms with Crippen molar-refractivity contribution in [1.82, 2.24) is 0 Å². The van der Waals surface area contributed by atoms with Gasteiger partial charge in [0.05, 0.1) is 0 Å². The second-order valence-corrected chi connectivity index (χ2v) is 46.3. The molecule has 0 spiro atoms. The van der Waals surface area contributed by atoms with Crippen LogP contribution in [0.1, 0.15) is 447 Å². The minimum absolute atomic E-state index is 0. The predicted octanol–water partition coefficient (Wildman–Crippen LogP) is 33.9. The van der Waals surface area contributed by atoms with Crippen LogP contribution in [-0.2, 0) is 0 Å². The highest BCUT2D eigenvalue weighted by Crippen LogP contribution is 2.51. The third kappa shape index (κ3) is 76.1. The average Bonchev–Trinajstić information content (AvgIpc) is 3.12. The zero-order valence-electron chi connectivity index (χ0n) is 71.4. The minimum Gasteiger partial charge on any atom is -0.0880 e. The van der Waals surface area contributed by atoms with Crippen molar-refractivity contribution in [2.45, 2.75) is 447 Å². The van der Waals surface area contributed by atoms with Gasteiger partial charge in [0, 0.05) is 0 Å².